The average molecular weight is 254 g/mol. The lowest BCUT2D eigenvalue weighted by Crippen LogP contribution is -2.42. The monoisotopic (exact) mass is 254 g/mol. The quantitative estimate of drug-likeness (QED) is 0.876. The van der Waals surface area contributed by atoms with Gasteiger partial charge in [0.1, 0.15) is 0 Å². The standard InChI is InChI=1S/C13H19FN2O2/c1-17-12-8-10(7-11(14)13(12)18-2)9-16-5-3-15-4-6-16/h7-8,15H,3-6,9H2,1-2H3. The van der Waals surface area contributed by atoms with Crippen molar-refractivity contribution in [3.8, 4) is 11.5 Å². The van der Waals surface area contributed by atoms with Crippen LogP contribution >= 0.6 is 0 Å². The minimum absolute atomic E-state index is 0.168. The lowest BCUT2D eigenvalue weighted by Gasteiger charge is -2.27. The van der Waals surface area contributed by atoms with Crippen LogP contribution < -0.4 is 14.8 Å². The maximum atomic E-state index is 13.8. The van der Waals surface area contributed by atoms with E-state index in [-0.39, 0.29) is 11.6 Å². The first-order valence-corrected chi connectivity index (χ1v) is 6.08. The van der Waals surface area contributed by atoms with E-state index in [4.69, 9.17) is 9.47 Å². The van der Waals surface area contributed by atoms with E-state index in [1.807, 2.05) is 6.07 Å². The van der Waals surface area contributed by atoms with E-state index < -0.39 is 0 Å². The van der Waals surface area contributed by atoms with Crippen LogP contribution in [0.5, 0.6) is 11.5 Å². The Hall–Kier alpha value is -1.33. The second-order valence-corrected chi connectivity index (χ2v) is 4.34. The van der Waals surface area contributed by atoms with Crippen molar-refractivity contribution in [3.05, 3.63) is 23.5 Å². The third-order valence-corrected chi connectivity index (χ3v) is 3.11. The Balaban J connectivity index is 2.15. The minimum Gasteiger partial charge on any atom is -0.493 e. The number of nitrogens with one attached hydrogen (secondary N) is 1. The predicted octanol–water partition coefficient (Wildman–Crippen LogP) is 1.25. The van der Waals surface area contributed by atoms with Crippen molar-refractivity contribution in [2.24, 2.45) is 0 Å². The second-order valence-electron chi connectivity index (χ2n) is 4.34. The summed E-state index contributed by atoms with van der Waals surface area (Å²) >= 11 is 0. The van der Waals surface area contributed by atoms with Gasteiger partial charge in [0.15, 0.2) is 17.3 Å². The SMILES string of the molecule is COc1cc(CN2CCNCC2)cc(F)c1OC. The van der Waals surface area contributed by atoms with Gasteiger partial charge in [0.05, 0.1) is 14.2 Å². The van der Waals surface area contributed by atoms with E-state index >= 15 is 0 Å². The third-order valence-electron chi connectivity index (χ3n) is 3.11. The molecule has 0 unspecified atom stereocenters. The van der Waals surface area contributed by atoms with E-state index in [1.165, 1.54) is 20.3 Å². The summed E-state index contributed by atoms with van der Waals surface area (Å²) in [5.41, 5.74) is 0.909. The summed E-state index contributed by atoms with van der Waals surface area (Å²) < 4.78 is 24.0. The topological polar surface area (TPSA) is 33.7 Å². The molecule has 1 aromatic carbocycles. The van der Waals surface area contributed by atoms with Crippen LogP contribution in [0.3, 0.4) is 0 Å². The first kappa shape index (κ1) is 13.1. The summed E-state index contributed by atoms with van der Waals surface area (Å²) in [5, 5.41) is 3.29. The fourth-order valence-electron chi connectivity index (χ4n) is 2.19. The van der Waals surface area contributed by atoms with E-state index in [0.717, 1.165) is 38.3 Å². The molecule has 5 heteroatoms. The van der Waals surface area contributed by atoms with Gasteiger partial charge in [-0.2, -0.15) is 0 Å². The molecule has 0 spiro atoms. The van der Waals surface area contributed by atoms with Gasteiger partial charge in [0.25, 0.3) is 0 Å². The number of piperazine rings is 1. The molecule has 1 aliphatic heterocycles. The molecular formula is C13H19FN2O2. The predicted molar refractivity (Wildman–Crippen MR) is 67.7 cm³/mol. The molecule has 1 saturated heterocycles. The third kappa shape index (κ3) is 2.91. The lowest BCUT2D eigenvalue weighted by atomic mass is 10.1. The van der Waals surface area contributed by atoms with E-state index in [0.29, 0.717) is 5.75 Å². The van der Waals surface area contributed by atoms with Gasteiger partial charge < -0.3 is 14.8 Å². The van der Waals surface area contributed by atoms with Gasteiger partial charge in [-0.15, -0.1) is 0 Å². The van der Waals surface area contributed by atoms with Crippen molar-refractivity contribution in [2.75, 3.05) is 40.4 Å². The summed E-state index contributed by atoms with van der Waals surface area (Å²) in [5.74, 6) is 0.242. The smallest absolute Gasteiger partial charge is 0.196 e. The van der Waals surface area contributed by atoms with Gasteiger partial charge in [-0.1, -0.05) is 0 Å². The van der Waals surface area contributed by atoms with Crippen LogP contribution in [0.4, 0.5) is 4.39 Å². The van der Waals surface area contributed by atoms with Crippen LogP contribution in [-0.4, -0.2) is 45.3 Å². The van der Waals surface area contributed by atoms with Crippen molar-refractivity contribution in [1.29, 1.82) is 0 Å². The molecule has 1 aromatic rings. The van der Waals surface area contributed by atoms with E-state index in [9.17, 15) is 4.39 Å². The number of benzene rings is 1. The summed E-state index contributed by atoms with van der Waals surface area (Å²) in [6.07, 6.45) is 0. The molecule has 0 atom stereocenters. The molecule has 0 radical (unpaired) electrons. The normalized spacial score (nSPS) is 16.6. The van der Waals surface area contributed by atoms with Gasteiger partial charge in [0.2, 0.25) is 0 Å². The van der Waals surface area contributed by atoms with E-state index in [1.54, 1.807) is 0 Å². The van der Waals surface area contributed by atoms with Crippen LogP contribution in [0, 0.1) is 5.82 Å². The van der Waals surface area contributed by atoms with Crippen LogP contribution in [0.1, 0.15) is 5.56 Å². The molecule has 0 saturated carbocycles. The molecule has 0 amide bonds. The van der Waals surface area contributed by atoms with Gasteiger partial charge in [-0.25, -0.2) is 4.39 Å². The first-order chi connectivity index (χ1) is 8.74. The summed E-state index contributed by atoms with van der Waals surface area (Å²) in [6.45, 7) is 4.66. The molecule has 0 aliphatic carbocycles. The van der Waals surface area contributed by atoms with Crippen molar-refractivity contribution >= 4 is 0 Å². The Bertz CT molecular complexity index is 406. The van der Waals surface area contributed by atoms with Gasteiger partial charge in [-0.3, -0.25) is 4.90 Å². The molecule has 4 nitrogen and oxygen atoms in total. The summed E-state index contributed by atoms with van der Waals surface area (Å²) in [7, 11) is 2.96. The van der Waals surface area contributed by atoms with Crippen molar-refractivity contribution in [2.45, 2.75) is 6.54 Å². The molecule has 1 heterocycles. The molecule has 0 aromatic heterocycles. The summed E-state index contributed by atoms with van der Waals surface area (Å²) in [6, 6.07) is 3.35. The number of nitrogens with zero attached hydrogens (tertiary/aromatic N) is 1. The maximum absolute atomic E-state index is 13.8. The highest BCUT2D eigenvalue weighted by Gasteiger charge is 2.15. The van der Waals surface area contributed by atoms with E-state index in [2.05, 4.69) is 10.2 Å². The second kappa shape index (κ2) is 6.02. The first-order valence-electron chi connectivity index (χ1n) is 6.08. The molecule has 18 heavy (non-hydrogen) atoms. The largest absolute Gasteiger partial charge is 0.493 e. The molecule has 100 valence electrons. The van der Waals surface area contributed by atoms with Gasteiger partial charge in [-0.05, 0) is 17.7 Å². The number of halogens is 1. The molecule has 1 N–H and O–H groups in total. The average Bonchev–Trinajstić information content (AvgIpc) is 2.39. The van der Waals surface area contributed by atoms with Crippen molar-refractivity contribution in [3.63, 3.8) is 0 Å². The number of hydrogen-bond donors (Lipinski definition) is 1. The highest BCUT2D eigenvalue weighted by atomic mass is 19.1. The highest BCUT2D eigenvalue weighted by molar-refractivity contribution is 5.44. The van der Waals surface area contributed by atoms with Crippen LogP contribution in [0.15, 0.2) is 12.1 Å². The van der Waals surface area contributed by atoms with Crippen molar-refractivity contribution in [1.82, 2.24) is 10.2 Å². The molecular weight excluding hydrogens is 235 g/mol. The number of methoxy groups -OCH3 is 2. The number of rotatable bonds is 4. The molecule has 1 aliphatic rings. The molecule has 2 rings (SSSR count). The van der Waals surface area contributed by atoms with Crippen LogP contribution in [0.2, 0.25) is 0 Å². The molecule has 1 fully saturated rings. The fraction of sp³-hybridized carbons (Fsp3) is 0.538. The Labute approximate surface area is 107 Å². The van der Waals surface area contributed by atoms with Crippen molar-refractivity contribution < 1.29 is 13.9 Å². The Kier molecular flexibility index (Phi) is 4.38. The zero-order valence-corrected chi connectivity index (χ0v) is 10.8. The zero-order chi connectivity index (χ0) is 13.0. The van der Waals surface area contributed by atoms with Gasteiger partial charge in [0, 0.05) is 32.7 Å². The maximum Gasteiger partial charge on any atom is 0.196 e. The van der Waals surface area contributed by atoms with Crippen LogP contribution in [0.25, 0.3) is 0 Å². The lowest BCUT2D eigenvalue weighted by molar-refractivity contribution is 0.232. The fourth-order valence-corrected chi connectivity index (χ4v) is 2.19. The number of ether oxygens (including phenoxy) is 2. The minimum atomic E-state index is -0.373. The Morgan fingerprint density at radius 3 is 2.56 bits per heavy atom. The Morgan fingerprint density at radius 2 is 1.94 bits per heavy atom. The number of hydrogen-bond acceptors (Lipinski definition) is 4. The zero-order valence-electron chi connectivity index (χ0n) is 10.8. The molecule has 0 bridgehead atoms. The summed E-state index contributed by atoms with van der Waals surface area (Å²) in [4.78, 5) is 2.29. The Morgan fingerprint density at radius 1 is 1.22 bits per heavy atom. The highest BCUT2D eigenvalue weighted by Crippen LogP contribution is 2.31. The van der Waals surface area contributed by atoms with Gasteiger partial charge >= 0.3 is 0 Å². The van der Waals surface area contributed by atoms with Crippen LogP contribution in [-0.2, 0) is 6.54 Å².